The number of rotatable bonds is 6. The first kappa shape index (κ1) is 18.5. The summed E-state index contributed by atoms with van der Waals surface area (Å²) in [5.41, 5.74) is 4.08. The van der Waals surface area contributed by atoms with Gasteiger partial charge < -0.3 is 10.6 Å². The SMILES string of the molecule is CCc1cccc(C)c1NC(=O)c1cnc(NCc2ccc(F)cc2)cn1. The Kier molecular flexibility index (Phi) is 5.76. The largest absolute Gasteiger partial charge is 0.365 e. The van der Waals surface area contributed by atoms with Crippen LogP contribution in [-0.2, 0) is 13.0 Å². The Hall–Kier alpha value is -3.28. The van der Waals surface area contributed by atoms with Gasteiger partial charge in [-0.1, -0.05) is 37.3 Å². The maximum Gasteiger partial charge on any atom is 0.275 e. The van der Waals surface area contributed by atoms with Crippen molar-refractivity contribution in [2.24, 2.45) is 0 Å². The summed E-state index contributed by atoms with van der Waals surface area (Å²) in [7, 11) is 0. The third-order valence-corrected chi connectivity index (χ3v) is 4.25. The molecule has 0 atom stereocenters. The van der Waals surface area contributed by atoms with E-state index < -0.39 is 0 Å². The van der Waals surface area contributed by atoms with E-state index in [1.165, 1.54) is 24.5 Å². The predicted octanol–water partition coefficient (Wildman–Crippen LogP) is 4.35. The van der Waals surface area contributed by atoms with E-state index >= 15 is 0 Å². The molecule has 2 N–H and O–H groups in total. The number of hydrogen-bond acceptors (Lipinski definition) is 4. The molecule has 1 amide bonds. The first-order valence-corrected chi connectivity index (χ1v) is 8.77. The summed E-state index contributed by atoms with van der Waals surface area (Å²) in [6, 6.07) is 12.2. The van der Waals surface area contributed by atoms with Crippen molar-refractivity contribution in [3.05, 3.63) is 83.1 Å². The standard InChI is InChI=1S/C21H21FN4O/c1-3-16-6-4-5-14(2)20(16)26-21(27)18-12-25-19(13-23-18)24-11-15-7-9-17(22)10-8-15/h4-10,12-13H,3,11H2,1-2H3,(H,24,25)(H,26,27). The number of halogens is 1. The van der Waals surface area contributed by atoms with Crippen LogP contribution in [0.3, 0.4) is 0 Å². The fraction of sp³-hybridized carbons (Fsp3) is 0.190. The molecular formula is C21H21FN4O. The van der Waals surface area contributed by atoms with Gasteiger partial charge in [0.25, 0.3) is 5.91 Å². The second kappa shape index (κ2) is 8.40. The average Bonchev–Trinajstić information content (AvgIpc) is 2.69. The summed E-state index contributed by atoms with van der Waals surface area (Å²) in [5, 5.41) is 6.03. The van der Waals surface area contributed by atoms with Gasteiger partial charge in [-0.2, -0.15) is 0 Å². The first-order valence-electron chi connectivity index (χ1n) is 8.77. The van der Waals surface area contributed by atoms with Crippen molar-refractivity contribution in [3.63, 3.8) is 0 Å². The lowest BCUT2D eigenvalue weighted by atomic mass is 10.1. The van der Waals surface area contributed by atoms with Crippen LogP contribution in [-0.4, -0.2) is 15.9 Å². The summed E-state index contributed by atoms with van der Waals surface area (Å²) >= 11 is 0. The van der Waals surface area contributed by atoms with Gasteiger partial charge in [0.2, 0.25) is 0 Å². The van der Waals surface area contributed by atoms with Crippen LogP contribution < -0.4 is 10.6 Å². The third kappa shape index (κ3) is 4.67. The van der Waals surface area contributed by atoms with Crippen LogP contribution in [0.2, 0.25) is 0 Å². The molecule has 0 aliphatic heterocycles. The Morgan fingerprint density at radius 2 is 1.85 bits per heavy atom. The molecule has 0 bridgehead atoms. The molecule has 27 heavy (non-hydrogen) atoms. The summed E-state index contributed by atoms with van der Waals surface area (Å²) in [6.45, 7) is 4.50. The highest BCUT2D eigenvalue weighted by molar-refractivity contribution is 6.03. The second-order valence-electron chi connectivity index (χ2n) is 6.18. The predicted molar refractivity (Wildman–Crippen MR) is 104 cm³/mol. The van der Waals surface area contributed by atoms with Gasteiger partial charge in [0.15, 0.2) is 0 Å². The number of carbonyl (C=O) groups is 1. The Bertz CT molecular complexity index is 924. The monoisotopic (exact) mass is 364 g/mol. The molecule has 2 aromatic carbocycles. The van der Waals surface area contributed by atoms with Crippen LogP contribution in [0.1, 0.15) is 34.1 Å². The van der Waals surface area contributed by atoms with Crippen molar-refractivity contribution < 1.29 is 9.18 Å². The molecule has 0 spiro atoms. The molecule has 1 heterocycles. The lowest BCUT2D eigenvalue weighted by molar-refractivity contribution is 0.102. The van der Waals surface area contributed by atoms with Gasteiger partial charge in [0, 0.05) is 12.2 Å². The van der Waals surface area contributed by atoms with Gasteiger partial charge in [-0.05, 0) is 42.2 Å². The van der Waals surface area contributed by atoms with Crippen LogP contribution in [0.15, 0.2) is 54.9 Å². The van der Waals surface area contributed by atoms with Gasteiger partial charge in [-0.3, -0.25) is 4.79 Å². The number of aromatic nitrogens is 2. The van der Waals surface area contributed by atoms with Crippen LogP contribution in [0.25, 0.3) is 0 Å². The number of carbonyl (C=O) groups excluding carboxylic acids is 1. The highest BCUT2D eigenvalue weighted by Gasteiger charge is 2.12. The molecule has 1 aromatic heterocycles. The Morgan fingerprint density at radius 3 is 2.52 bits per heavy atom. The van der Waals surface area contributed by atoms with Crippen molar-refractivity contribution in [1.82, 2.24) is 9.97 Å². The Balaban J connectivity index is 1.64. The highest BCUT2D eigenvalue weighted by Crippen LogP contribution is 2.21. The maximum absolute atomic E-state index is 12.9. The van der Waals surface area contributed by atoms with Crippen LogP contribution in [0.5, 0.6) is 0 Å². The molecule has 0 aliphatic rings. The van der Waals surface area contributed by atoms with Gasteiger partial charge in [-0.15, -0.1) is 0 Å². The summed E-state index contributed by atoms with van der Waals surface area (Å²) in [5.74, 6) is -0.0219. The number of amides is 1. The topological polar surface area (TPSA) is 66.9 Å². The lowest BCUT2D eigenvalue weighted by Gasteiger charge is -2.12. The smallest absolute Gasteiger partial charge is 0.275 e. The van der Waals surface area contributed by atoms with Gasteiger partial charge in [0.05, 0.1) is 12.4 Å². The number of nitrogens with zero attached hydrogens (tertiary/aromatic N) is 2. The molecule has 138 valence electrons. The van der Waals surface area contributed by atoms with Gasteiger partial charge >= 0.3 is 0 Å². The van der Waals surface area contributed by atoms with E-state index in [2.05, 4.69) is 20.6 Å². The minimum Gasteiger partial charge on any atom is -0.365 e. The zero-order valence-electron chi connectivity index (χ0n) is 15.3. The second-order valence-corrected chi connectivity index (χ2v) is 6.18. The molecule has 0 saturated carbocycles. The normalized spacial score (nSPS) is 10.5. The van der Waals surface area contributed by atoms with Gasteiger partial charge in [0.1, 0.15) is 17.3 Å². The van der Waals surface area contributed by atoms with E-state index in [1.54, 1.807) is 12.1 Å². The number of anilines is 2. The lowest BCUT2D eigenvalue weighted by Crippen LogP contribution is -2.16. The number of nitrogens with one attached hydrogen (secondary N) is 2. The number of para-hydroxylation sites is 1. The van der Waals surface area contributed by atoms with Crippen molar-refractivity contribution in [3.8, 4) is 0 Å². The zero-order valence-corrected chi connectivity index (χ0v) is 15.3. The molecular weight excluding hydrogens is 343 g/mol. The summed E-state index contributed by atoms with van der Waals surface area (Å²) < 4.78 is 12.9. The minimum absolute atomic E-state index is 0.243. The quantitative estimate of drug-likeness (QED) is 0.682. The minimum atomic E-state index is -0.295. The zero-order chi connectivity index (χ0) is 19.2. The summed E-state index contributed by atoms with van der Waals surface area (Å²) in [6.07, 6.45) is 3.78. The molecule has 5 nitrogen and oxygen atoms in total. The van der Waals surface area contributed by atoms with Crippen molar-refractivity contribution >= 4 is 17.4 Å². The van der Waals surface area contributed by atoms with E-state index in [4.69, 9.17) is 0 Å². The van der Waals surface area contributed by atoms with E-state index in [0.29, 0.717) is 12.4 Å². The molecule has 6 heteroatoms. The fourth-order valence-corrected chi connectivity index (χ4v) is 2.71. The molecule has 0 radical (unpaired) electrons. The maximum atomic E-state index is 12.9. The average molecular weight is 364 g/mol. The van der Waals surface area contributed by atoms with Crippen LogP contribution in [0.4, 0.5) is 15.9 Å². The number of benzene rings is 2. The van der Waals surface area contributed by atoms with Gasteiger partial charge in [-0.25, -0.2) is 14.4 Å². The van der Waals surface area contributed by atoms with E-state index in [1.807, 2.05) is 32.0 Å². The van der Waals surface area contributed by atoms with Crippen molar-refractivity contribution in [2.75, 3.05) is 10.6 Å². The van der Waals surface area contributed by atoms with E-state index in [9.17, 15) is 9.18 Å². The molecule has 3 rings (SSSR count). The fourth-order valence-electron chi connectivity index (χ4n) is 2.71. The number of aryl methyl sites for hydroxylation is 2. The van der Waals surface area contributed by atoms with E-state index in [-0.39, 0.29) is 17.4 Å². The first-order chi connectivity index (χ1) is 13.1. The highest BCUT2D eigenvalue weighted by atomic mass is 19.1. The summed E-state index contributed by atoms with van der Waals surface area (Å²) in [4.78, 5) is 20.9. The molecule has 0 aliphatic carbocycles. The Labute approximate surface area is 157 Å². The molecule has 0 fully saturated rings. The molecule has 3 aromatic rings. The van der Waals surface area contributed by atoms with Crippen molar-refractivity contribution in [1.29, 1.82) is 0 Å². The third-order valence-electron chi connectivity index (χ3n) is 4.25. The van der Waals surface area contributed by atoms with Crippen molar-refractivity contribution in [2.45, 2.75) is 26.8 Å². The Morgan fingerprint density at radius 1 is 1.07 bits per heavy atom. The van der Waals surface area contributed by atoms with Crippen LogP contribution in [0, 0.1) is 12.7 Å². The van der Waals surface area contributed by atoms with Crippen LogP contribution >= 0.6 is 0 Å². The molecule has 0 unspecified atom stereocenters. The van der Waals surface area contributed by atoms with E-state index in [0.717, 1.165) is 28.8 Å². The molecule has 0 saturated heterocycles. The number of hydrogen-bond donors (Lipinski definition) is 2.